The number of unbranched alkanes of at least 4 members (excludes halogenated alkanes) is 23. The van der Waals surface area contributed by atoms with Crippen molar-refractivity contribution in [1.29, 1.82) is 0 Å². The molecule has 0 saturated carbocycles. The van der Waals surface area contributed by atoms with E-state index < -0.39 is 6.10 Å². The summed E-state index contributed by atoms with van der Waals surface area (Å²) >= 11 is 0. The molecular formula is C77H124O6. The molecule has 0 heterocycles. The standard InChI is InChI=1S/C77H124O6/c1-4-7-10-13-16-19-22-25-28-30-32-34-36-37-38-39-41-42-44-46-49-52-55-58-61-64-67-70-76(79)82-73-74(72-81-75(78)69-66-63-60-57-54-51-48-27-24-21-18-15-12-9-6-3)83-77(80)71-68-65-62-59-56-53-50-47-45-43-40-35-33-31-29-26-23-20-17-14-11-8-5-2/h7-8,10-11,16-21,25-29,32-35,37-38,41-43,45,48,74H,4-6,9,12-15,22-24,30-31,36,39-40,44,46-47,49-73H2,1-3H3/b10-7-,11-8-,19-16-,20-17-,21-18-,28-25-,29-26-,34-32-,35-33-,38-37-,42-41-,45-43-,48-27-. The third-order valence-electron chi connectivity index (χ3n) is 14.0. The van der Waals surface area contributed by atoms with Crippen molar-refractivity contribution < 1.29 is 28.6 Å². The van der Waals surface area contributed by atoms with E-state index in [0.29, 0.717) is 19.3 Å². The lowest BCUT2D eigenvalue weighted by atomic mass is 10.1. The minimum absolute atomic E-state index is 0.0975. The summed E-state index contributed by atoms with van der Waals surface area (Å²) in [5, 5.41) is 0. The van der Waals surface area contributed by atoms with Crippen LogP contribution in [-0.4, -0.2) is 37.2 Å². The van der Waals surface area contributed by atoms with Gasteiger partial charge in [0.2, 0.25) is 0 Å². The third-order valence-corrected chi connectivity index (χ3v) is 14.0. The van der Waals surface area contributed by atoms with Crippen LogP contribution in [0.25, 0.3) is 0 Å². The first kappa shape index (κ1) is 78.0. The molecule has 0 aromatic rings. The largest absolute Gasteiger partial charge is 0.462 e. The summed E-state index contributed by atoms with van der Waals surface area (Å²) in [4.78, 5) is 38.4. The van der Waals surface area contributed by atoms with Gasteiger partial charge in [-0.3, -0.25) is 14.4 Å². The number of allylic oxidation sites excluding steroid dienone is 26. The topological polar surface area (TPSA) is 78.9 Å². The number of carbonyl (C=O) groups is 3. The molecule has 0 fully saturated rings. The number of carbonyl (C=O) groups excluding carboxylic acids is 3. The van der Waals surface area contributed by atoms with Crippen molar-refractivity contribution >= 4 is 17.9 Å². The van der Waals surface area contributed by atoms with E-state index in [2.05, 4.69) is 179 Å². The zero-order valence-electron chi connectivity index (χ0n) is 53.7. The summed E-state index contributed by atoms with van der Waals surface area (Å²) in [6, 6.07) is 0. The van der Waals surface area contributed by atoms with E-state index >= 15 is 0 Å². The third kappa shape index (κ3) is 67.7. The van der Waals surface area contributed by atoms with Gasteiger partial charge in [0.15, 0.2) is 6.10 Å². The number of rotatable bonds is 60. The van der Waals surface area contributed by atoms with Crippen LogP contribution in [0, 0.1) is 0 Å². The van der Waals surface area contributed by atoms with E-state index in [-0.39, 0.29) is 31.1 Å². The zero-order valence-corrected chi connectivity index (χ0v) is 53.7. The van der Waals surface area contributed by atoms with E-state index in [9.17, 15) is 14.4 Å². The molecule has 1 unspecified atom stereocenters. The molecule has 6 heteroatoms. The van der Waals surface area contributed by atoms with Gasteiger partial charge in [-0.1, -0.05) is 281 Å². The smallest absolute Gasteiger partial charge is 0.306 e. The van der Waals surface area contributed by atoms with Gasteiger partial charge in [0.05, 0.1) is 0 Å². The fourth-order valence-electron chi connectivity index (χ4n) is 8.97. The van der Waals surface area contributed by atoms with E-state index in [1.165, 1.54) is 77.0 Å². The van der Waals surface area contributed by atoms with Gasteiger partial charge in [-0.05, 0) is 148 Å². The van der Waals surface area contributed by atoms with Crippen LogP contribution in [0.15, 0.2) is 158 Å². The Bertz CT molecular complexity index is 1840. The SMILES string of the molecule is CC/C=C\C/C=C\C/C=C\C/C=C\C/C=C\C/C=C\CCCCCCCCCCC(=O)OCC(COC(=O)CCCCCCC/C=C\C/C=C\CCCCC)OC(=O)CCCCCCCCC/C=C\C/C=C\C/C=C\C/C=C\C/C=C\CC. The molecule has 0 amide bonds. The summed E-state index contributed by atoms with van der Waals surface area (Å²) in [5.41, 5.74) is 0. The van der Waals surface area contributed by atoms with Gasteiger partial charge in [0.25, 0.3) is 0 Å². The van der Waals surface area contributed by atoms with Gasteiger partial charge in [0.1, 0.15) is 13.2 Å². The molecule has 83 heavy (non-hydrogen) atoms. The first-order chi connectivity index (χ1) is 41.0. The first-order valence-corrected chi connectivity index (χ1v) is 34.0. The van der Waals surface area contributed by atoms with Crippen LogP contribution in [0.3, 0.4) is 0 Å². The van der Waals surface area contributed by atoms with E-state index in [1.54, 1.807) is 0 Å². The fraction of sp³-hybridized carbons (Fsp3) is 0.623. The predicted octanol–water partition coefficient (Wildman–Crippen LogP) is 23.7. The Balaban J connectivity index is 4.43. The Morgan fingerprint density at radius 1 is 0.253 bits per heavy atom. The Morgan fingerprint density at radius 3 is 0.735 bits per heavy atom. The summed E-state index contributed by atoms with van der Waals surface area (Å²) in [6.45, 7) is 6.37. The molecule has 0 saturated heterocycles. The zero-order chi connectivity index (χ0) is 59.9. The second-order valence-corrected chi connectivity index (χ2v) is 22.0. The monoisotopic (exact) mass is 1140 g/mol. The first-order valence-electron chi connectivity index (χ1n) is 34.0. The average molecular weight is 1150 g/mol. The molecule has 468 valence electrons. The molecule has 0 N–H and O–H groups in total. The molecule has 0 rings (SSSR count). The molecule has 0 spiro atoms. The maximum absolute atomic E-state index is 13.0. The van der Waals surface area contributed by atoms with Gasteiger partial charge in [0, 0.05) is 19.3 Å². The lowest BCUT2D eigenvalue weighted by Gasteiger charge is -2.18. The summed E-state index contributed by atoms with van der Waals surface area (Å²) in [6.07, 6.45) is 101. The van der Waals surface area contributed by atoms with Crippen LogP contribution < -0.4 is 0 Å². The van der Waals surface area contributed by atoms with Crippen molar-refractivity contribution in [2.75, 3.05) is 13.2 Å². The highest BCUT2D eigenvalue weighted by Crippen LogP contribution is 2.15. The highest BCUT2D eigenvalue weighted by atomic mass is 16.6. The average Bonchev–Trinajstić information content (AvgIpc) is 3.49. The van der Waals surface area contributed by atoms with Crippen molar-refractivity contribution in [2.45, 2.75) is 297 Å². The van der Waals surface area contributed by atoms with Crippen LogP contribution >= 0.6 is 0 Å². The normalized spacial score (nSPS) is 13.1. The summed E-state index contributed by atoms with van der Waals surface area (Å²) in [7, 11) is 0. The molecule has 1 atom stereocenters. The summed E-state index contributed by atoms with van der Waals surface area (Å²) < 4.78 is 16.9. The van der Waals surface area contributed by atoms with Gasteiger partial charge in [-0.2, -0.15) is 0 Å². The van der Waals surface area contributed by atoms with Crippen LogP contribution in [0.2, 0.25) is 0 Å². The molecule has 0 aliphatic carbocycles. The second-order valence-electron chi connectivity index (χ2n) is 22.0. The van der Waals surface area contributed by atoms with Crippen LogP contribution in [-0.2, 0) is 28.6 Å². The van der Waals surface area contributed by atoms with Crippen LogP contribution in [0.1, 0.15) is 290 Å². The Labute approximate surface area is 511 Å². The lowest BCUT2D eigenvalue weighted by Crippen LogP contribution is -2.30. The van der Waals surface area contributed by atoms with Gasteiger partial charge < -0.3 is 14.2 Å². The lowest BCUT2D eigenvalue weighted by molar-refractivity contribution is -0.167. The second kappa shape index (κ2) is 69.5. The molecule has 0 aromatic heterocycles. The van der Waals surface area contributed by atoms with Gasteiger partial charge >= 0.3 is 17.9 Å². The van der Waals surface area contributed by atoms with Crippen molar-refractivity contribution in [3.8, 4) is 0 Å². The number of ether oxygens (including phenoxy) is 3. The molecule has 6 nitrogen and oxygen atoms in total. The number of hydrogen-bond donors (Lipinski definition) is 0. The van der Waals surface area contributed by atoms with Crippen molar-refractivity contribution in [2.24, 2.45) is 0 Å². The van der Waals surface area contributed by atoms with Gasteiger partial charge in [-0.15, -0.1) is 0 Å². The number of hydrogen-bond acceptors (Lipinski definition) is 6. The molecule has 0 radical (unpaired) electrons. The van der Waals surface area contributed by atoms with Gasteiger partial charge in [-0.25, -0.2) is 0 Å². The highest BCUT2D eigenvalue weighted by Gasteiger charge is 2.19. The Morgan fingerprint density at radius 2 is 0.470 bits per heavy atom. The molecule has 0 aromatic carbocycles. The fourth-order valence-corrected chi connectivity index (χ4v) is 8.97. The minimum Gasteiger partial charge on any atom is -0.462 e. The predicted molar refractivity (Wildman–Crippen MR) is 362 cm³/mol. The maximum atomic E-state index is 13.0. The van der Waals surface area contributed by atoms with Crippen molar-refractivity contribution in [3.05, 3.63) is 158 Å². The Kier molecular flexibility index (Phi) is 65.4. The minimum atomic E-state index is -0.803. The summed E-state index contributed by atoms with van der Waals surface area (Å²) in [5.74, 6) is -0.929. The molecular weight excluding hydrogens is 1020 g/mol. The molecule has 0 aliphatic rings. The van der Waals surface area contributed by atoms with Crippen LogP contribution in [0.4, 0.5) is 0 Å². The maximum Gasteiger partial charge on any atom is 0.306 e. The van der Waals surface area contributed by atoms with E-state index in [0.717, 1.165) is 173 Å². The Hall–Kier alpha value is -4.97. The van der Waals surface area contributed by atoms with Crippen molar-refractivity contribution in [1.82, 2.24) is 0 Å². The highest BCUT2D eigenvalue weighted by molar-refractivity contribution is 5.71. The number of esters is 3. The quantitative estimate of drug-likeness (QED) is 0.0261. The van der Waals surface area contributed by atoms with Crippen molar-refractivity contribution in [3.63, 3.8) is 0 Å². The van der Waals surface area contributed by atoms with Crippen LogP contribution in [0.5, 0.6) is 0 Å². The van der Waals surface area contributed by atoms with E-state index in [1.807, 2.05) is 0 Å². The van der Waals surface area contributed by atoms with E-state index in [4.69, 9.17) is 14.2 Å². The molecule has 0 aliphatic heterocycles. The molecule has 0 bridgehead atoms.